The van der Waals surface area contributed by atoms with Crippen LogP contribution in [0.3, 0.4) is 0 Å². The summed E-state index contributed by atoms with van der Waals surface area (Å²) in [7, 11) is 0. The lowest BCUT2D eigenvalue weighted by Gasteiger charge is -2.08. The van der Waals surface area contributed by atoms with Crippen LogP contribution in [0, 0.1) is 6.92 Å². The maximum atomic E-state index is 11.7. The smallest absolute Gasteiger partial charge is 0.336 e. The maximum absolute atomic E-state index is 11.7. The quantitative estimate of drug-likeness (QED) is 0.576. The highest BCUT2D eigenvalue weighted by atomic mass is 16.5. The van der Waals surface area contributed by atoms with E-state index in [1.54, 1.807) is 13.0 Å². The monoisotopic (exact) mass is 315 g/mol. The van der Waals surface area contributed by atoms with Crippen LogP contribution in [0.25, 0.3) is 21.9 Å². The summed E-state index contributed by atoms with van der Waals surface area (Å²) in [5.41, 5.74) is 1.04. The van der Waals surface area contributed by atoms with Crippen molar-refractivity contribution in [2.24, 2.45) is 0 Å². The molecule has 0 saturated heterocycles. The third kappa shape index (κ3) is 2.57. The first-order valence-corrected chi connectivity index (χ1v) is 6.81. The predicted molar refractivity (Wildman–Crippen MR) is 82.6 cm³/mol. The van der Waals surface area contributed by atoms with Gasteiger partial charge in [0.05, 0.1) is 5.69 Å². The van der Waals surface area contributed by atoms with Gasteiger partial charge in [0, 0.05) is 25.3 Å². The van der Waals surface area contributed by atoms with Crippen molar-refractivity contribution >= 4 is 39.5 Å². The van der Waals surface area contributed by atoms with E-state index in [4.69, 9.17) is 13.6 Å². The van der Waals surface area contributed by atoms with Crippen molar-refractivity contribution in [1.82, 2.24) is 0 Å². The lowest BCUT2D eigenvalue weighted by Crippen LogP contribution is -2.07. The van der Waals surface area contributed by atoms with Crippen LogP contribution >= 0.6 is 0 Å². The molecule has 0 unspecified atom stereocenters. The Morgan fingerprint density at radius 3 is 2.57 bits per heavy atom. The normalized spacial score (nSPS) is 10.9. The first-order valence-electron chi connectivity index (χ1n) is 6.81. The van der Waals surface area contributed by atoms with Crippen LogP contribution in [0.5, 0.6) is 5.75 Å². The summed E-state index contributed by atoms with van der Waals surface area (Å²) in [5.74, 6) is -0.703. The zero-order valence-corrected chi connectivity index (χ0v) is 12.7. The van der Waals surface area contributed by atoms with Gasteiger partial charge in [0.2, 0.25) is 5.91 Å². The molecule has 0 radical (unpaired) electrons. The van der Waals surface area contributed by atoms with Gasteiger partial charge in [-0.15, -0.1) is 0 Å². The Morgan fingerprint density at radius 2 is 1.91 bits per heavy atom. The van der Waals surface area contributed by atoms with Crippen molar-refractivity contribution in [2.75, 3.05) is 5.32 Å². The first-order chi connectivity index (χ1) is 10.9. The van der Waals surface area contributed by atoms with Crippen LogP contribution in [0.2, 0.25) is 0 Å². The number of aryl methyl sites for hydroxylation is 1. The molecule has 0 aliphatic carbocycles. The molecule has 2 aromatic heterocycles. The number of carbonyl (C=O) groups excluding carboxylic acids is 2. The summed E-state index contributed by atoms with van der Waals surface area (Å²) in [4.78, 5) is 34.4. The second kappa shape index (κ2) is 5.28. The molecule has 2 heterocycles. The maximum Gasteiger partial charge on any atom is 0.336 e. The van der Waals surface area contributed by atoms with Gasteiger partial charge in [-0.3, -0.25) is 9.59 Å². The van der Waals surface area contributed by atoms with Gasteiger partial charge in [-0.25, -0.2) is 4.79 Å². The standard InChI is InChI=1S/C16H13NO6/c1-7-4-13(20)23-15-10(7)5-11(17-8(2)18)16-14(15)12(6-21-16)22-9(3)19/h4-6H,1-3H3,(H,17,18). The van der Waals surface area contributed by atoms with Crippen LogP contribution in [0.15, 0.2) is 32.0 Å². The highest BCUT2D eigenvalue weighted by Gasteiger charge is 2.20. The summed E-state index contributed by atoms with van der Waals surface area (Å²) in [6, 6.07) is 3.00. The lowest BCUT2D eigenvalue weighted by molar-refractivity contribution is -0.131. The molecule has 0 aliphatic heterocycles. The van der Waals surface area contributed by atoms with E-state index >= 15 is 0 Å². The molecule has 1 N–H and O–H groups in total. The number of anilines is 1. The fourth-order valence-electron chi connectivity index (χ4n) is 2.46. The van der Waals surface area contributed by atoms with Gasteiger partial charge < -0.3 is 18.9 Å². The zero-order chi connectivity index (χ0) is 16.7. The number of ether oxygens (including phenoxy) is 1. The van der Waals surface area contributed by atoms with E-state index in [0.717, 1.165) is 0 Å². The third-order valence-corrected chi connectivity index (χ3v) is 3.29. The first kappa shape index (κ1) is 14.8. The van der Waals surface area contributed by atoms with Gasteiger partial charge >= 0.3 is 11.6 Å². The molecule has 118 valence electrons. The van der Waals surface area contributed by atoms with Crippen LogP contribution in [0.4, 0.5) is 5.69 Å². The molecule has 23 heavy (non-hydrogen) atoms. The topological polar surface area (TPSA) is 98.8 Å². The number of nitrogens with one attached hydrogen (secondary N) is 1. The molecule has 0 fully saturated rings. The van der Waals surface area contributed by atoms with E-state index in [2.05, 4.69) is 5.32 Å². The van der Waals surface area contributed by atoms with Crippen molar-refractivity contribution in [3.8, 4) is 5.75 Å². The molecular formula is C16H13NO6. The third-order valence-electron chi connectivity index (χ3n) is 3.29. The van der Waals surface area contributed by atoms with Crippen LogP contribution in [-0.4, -0.2) is 11.9 Å². The Hall–Kier alpha value is -3.09. The number of carbonyl (C=O) groups is 2. The Morgan fingerprint density at radius 1 is 1.17 bits per heavy atom. The molecule has 0 spiro atoms. The predicted octanol–water partition coefficient (Wildman–Crippen LogP) is 2.73. The summed E-state index contributed by atoms with van der Waals surface area (Å²) < 4.78 is 15.8. The van der Waals surface area contributed by atoms with E-state index in [1.807, 2.05) is 0 Å². The molecule has 0 saturated carbocycles. The molecule has 1 aromatic carbocycles. The molecule has 0 bridgehead atoms. The van der Waals surface area contributed by atoms with Crippen molar-refractivity contribution in [2.45, 2.75) is 20.8 Å². The van der Waals surface area contributed by atoms with Crippen molar-refractivity contribution in [1.29, 1.82) is 0 Å². The Balaban J connectivity index is 2.46. The number of hydrogen-bond donors (Lipinski definition) is 1. The number of esters is 1. The summed E-state index contributed by atoms with van der Waals surface area (Å²) in [5, 5.41) is 3.58. The highest BCUT2D eigenvalue weighted by Crippen LogP contribution is 2.39. The van der Waals surface area contributed by atoms with E-state index in [-0.39, 0.29) is 22.8 Å². The minimum absolute atomic E-state index is 0.124. The van der Waals surface area contributed by atoms with Crippen molar-refractivity contribution < 1.29 is 23.2 Å². The molecule has 3 rings (SSSR count). The fourth-order valence-corrected chi connectivity index (χ4v) is 2.46. The molecule has 1 amide bonds. The van der Waals surface area contributed by atoms with E-state index in [9.17, 15) is 14.4 Å². The summed E-state index contributed by atoms with van der Waals surface area (Å²) in [6.45, 7) is 4.36. The Labute approximate surface area is 129 Å². The Kier molecular flexibility index (Phi) is 3.40. The van der Waals surface area contributed by atoms with Crippen molar-refractivity contribution in [3.05, 3.63) is 34.4 Å². The van der Waals surface area contributed by atoms with Gasteiger partial charge in [-0.1, -0.05) is 0 Å². The van der Waals surface area contributed by atoms with Gasteiger partial charge in [-0.05, 0) is 18.6 Å². The van der Waals surface area contributed by atoms with E-state index in [1.165, 1.54) is 26.2 Å². The summed E-state index contributed by atoms with van der Waals surface area (Å²) >= 11 is 0. The zero-order valence-electron chi connectivity index (χ0n) is 12.7. The number of furan rings is 1. The highest BCUT2D eigenvalue weighted by molar-refractivity contribution is 6.14. The number of benzene rings is 1. The molecule has 7 heteroatoms. The molecule has 3 aromatic rings. The van der Waals surface area contributed by atoms with E-state index < -0.39 is 11.6 Å². The average Bonchev–Trinajstić information content (AvgIpc) is 2.83. The van der Waals surface area contributed by atoms with Crippen LogP contribution in [0.1, 0.15) is 19.4 Å². The minimum Gasteiger partial charge on any atom is -0.458 e. The second-order valence-electron chi connectivity index (χ2n) is 5.13. The van der Waals surface area contributed by atoms with Crippen LogP contribution in [-0.2, 0) is 9.59 Å². The van der Waals surface area contributed by atoms with Crippen LogP contribution < -0.4 is 15.7 Å². The molecule has 0 aliphatic rings. The van der Waals surface area contributed by atoms with Crippen molar-refractivity contribution in [3.63, 3.8) is 0 Å². The molecule has 7 nitrogen and oxygen atoms in total. The van der Waals surface area contributed by atoms with Gasteiger partial charge in [-0.2, -0.15) is 0 Å². The number of rotatable bonds is 2. The number of fused-ring (bicyclic) bond motifs is 3. The number of amides is 1. The number of hydrogen-bond acceptors (Lipinski definition) is 6. The van der Waals surface area contributed by atoms with Gasteiger partial charge in [0.15, 0.2) is 16.9 Å². The van der Waals surface area contributed by atoms with Gasteiger partial charge in [0.25, 0.3) is 0 Å². The lowest BCUT2D eigenvalue weighted by atomic mass is 10.1. The SMILES string of the molecule is CC(=O)Nc1cc2c(C)cc(=O)oc2c2c(OC(C)=O)coc12. The molecular weight excluding hydrogens is 302 g/mol. The molecule has 0 atom stereocenters. The average molecular weight is 315 g/mol. The van der Waals surface area contributed by atoms with Gasteiger partial charge in [0.1, 0.15) is 11.6 Å². The Bertz CT molecular complexity index is 1010. The second-order valence-corrected chi connectivity index (χ2v) is 5.13. The van der Waals surface area contributed by atoms with E-state index in [0.29, 0.717) is 22.0 Å². The largest absolute Gasteiger partial charge is 0.458 e. The fraction of sp³-hybridized carbons (Fsp3) is 0.188. The summed E-state index contributed by atoms with van der Waals surface area (Å²) in [6.07, 6.45) is 1.24. The minimum atomic E-state index is -0.541.